The van der Waals surface area contributed by atoms with Crippen LogP contribution in [-0.2, 0) is 9.59 Å². The van der Waals surface area contributed by atoms with Crippen molar-refractivity contribution in [2.75, 3.05) is 18.9 Å². The molecule has 160 valence electrons. The van der Waals surface area contributed by atoms with E-state index in [1.165, 1.54) is 18.2 Å². The molecule has 0 aliphatic rings. The van der Waals surface area contributed by atoms with Crippen molar-refractivity contribution in [3.63, 3.8) is 0 Å². The van der Waals surface area contributed by atoms with Gasteiger partial charge in [0.2, 0.25) is 11.8 Å². The van der Waals surface area contributed by atoms with Crippen LogP contribution >= 0.6 is 0 Å². The number of nitrogens with zero attached hydrogens (tertiary/aromatic N) is 1. The lowest BCUT2D eigenvalue weighted by molar-refractivity contribution is -0.127. The van der Waals surface area contributed by atoms with Gasteiger partial charge in [-0.1, -0.05) is 66.7 Å². The molecule has 5 nitrogen and oxygen atoms in total. The fraction of sp³-hybridized carbons (Fsp3) is 0.200. The van der Waals surface area contributed by atoms with Gasteiger partial charge in [0.1, 0.15) is 5.82 Å². The largest absolute Gasteiger partial charge is 0.344 e. The van der Waals surface area contributed by atoms with Gasteiger partial charge in [-0.3, -0.25) is 14.5 Å². The molecule has 2 N–H and O–H groups in total. The highest BCUT2D eigenvalue weighted by Crippen LogP contribution is 2.22. The van der Waals surface area contributed by atoms with E-state index in [0.717, 1.165) is 11.1 Å². The SMILES string of the molecule is C[C@H](C(=O)NC(c1ccccc1)c1ccccc1)N(C)CC(=O)Nc1cccc(F)c1. The molecule has 3 aromatic carbocycles. The van der Waals surface area contributed by atoms with Crippen LogP contribution in [0.25, 0.3) is 0 Å². The number of nitrogens with one attached hydrogen (secondary N) is 2. The fourth-order valence-electron chi connectivity index (χ4n) is 3.24. The van der Waals surface area contributed by atoms with Crippen molar-refractivity contribution >= 4 is 17.5 Å². The zero-order valence-corrected chi connectivity index (χ0v) is 17.6. The first-order valence-electron chi connectivity index (χ1n) is 10.1. The average Bonchev–Trinajstić information content (AvgIpc) is 2.77. The maximum atomic E-state index is 13.3. The molecule has 0 aliphatic carbocycles. The standard InChI is InChI=1S/C25H26FN3O2/c1-18(29(2)17-23(30)27-22-15-9-14-21(26)16-22)25(31)28-24(19-10-5-3-6-11-19)20-12-7-4-8-13-20/h3-16,18,24H,17H2,1-2H3,(H,27,30)(H,28,31)/t18-/m1/s1. The minimum absolute atomic E-state index is 0.00750. The van der Waals surface area contributed by atoms with Crippen molar-refractivity contribution in [1.29, 1.82) is 0 Å². The predicted molar refractivity (Wildman–Crippen MR) is 120 cm³/mol. The Bertz CT molecular complexity index is 972. The minimum Gasteiger partial charge on any atom is -0.344 e. The second kappa shape index (κ2) is 10.5. The number of rotatable bonds is 8. The number of carbonyl (C=O) groups is 2. The van der Waals surface area contributed by atoms with Crippen molar-refractivity contribution in [3.05, 3.63) is 102 Å². The van der Waals surface area contributed by atoms with Crippen LogP contribution in [0.5, 0.6) is 0 Å². The summed E-state index contributed by atoms with van der Waals surface area (Å²) in [5.74, 6) is -0.944. The Morgan fingerprint density at radius 2 is 1.48 bits per heavy atom. The summed E-state index contributed by atoms with van der Waals surface area (Å²) in [6, 6.07) is 24.3. The van der Waals surface area contributed by atoms with Gasteiger partial charge in [-0.05, 0) is 43.3 Å². The number of anilines is 1. The summed E-state index contributed by atoms with van der Waals surface area (Å²) >= 11 is 0. The Kier molecular flexibility index (Phi) is 7.51. The predicted octanol–water partition coefficient (Wildman–Crippen LogP) is 3.99. The number of halogens is 1. The van der Waals surface area contributed by atoms with E-state index in [-0.39, 0.29) is 24.4 Å². The molecular weight excluding hydrogens is 393 g/mol. The van der Waals surface area contributed by atoms with Crippen LogP contribution in [0.15, 0.2) is 84.9 Å². The summed E-state index contributed by atoms with van der Waals surface area (Å²) in [5, 5.41) is 5.75. The smallest absolute Gasteiger partial charge is 0.238 e. The highest BCUT2D eigenvalue weighted by atomic mass is 19.1. The average molecular weight is 420 g/mol. The maximum absolute atomic E-state index is 13.3. The van der Waals surface area contributed by atoms with Gasteiger partial charge in [0.15, 0.2) is 0 Å². The molecule has 6 heteroatoms. The monoisotopic (exact) mass is 419 g/mol. The van der Waals surface area contributed by atoms with E-state index >= 15 is 0 Å². The first-order valence-corrected chi connectivity index (χ1v) is 10.1. The quantitative estimate of drug-likeness (QED) is 0.580. The van der Waals surface area contributed by atoms with Crippen molar-refractivity contribution in [2.24, 2.45) is 0 Å². The highest BCUT2D eigenvalue weighted by molar-refractivity contribution is 5.92. The zero-order valence-electron chi connectivity index (χ0n) is 17.6. The van der Waals surface area contributed by atoms with Gasteiger partial charge in [-0.25, -0.2) is 4.39 Å². The van der Waals surface area contributed by atoms with E-state index in [2.05, 4.69) is 10.6 Å². The number of benzene rings is 3. The molecule has 0 aromatic heterocycles. The summed E-state index contributed by atoms with van der Waals surface area (Å²) in [6.45, 7) is 1.74. The van der Waals surface area contributed by atoms with Crippen LogP contribution in [0.4, 0.5) is 10.1 Å². The van der Waals surface area contributed by atoms with E-state index in [1.807, 2.05) is 60.7 Å². The molecular formula is C25H26FN3O2. The van der Waals surface area contributed by atoms with Gasteiger partial charge < -0.3 is 10.6 Å². The molecule has 0 bridgehead atoms. The van der Waals surface area contributed by atoms with Crippen molar-refractivity contribution in [2.45, 2.75) is 19.0 Å². The molecule has 2 amide bonds. The summed E-state index contributed by atoms with van der Waals surface area (Å²) in [4.78, 5) is 27.0. The number of carbonyl (C=O) groups excluding carboxylic acids is 2. The number of hydrogen-bond donors (Lipinski definition) is 2. The van der Waals surface area contributed by atoms with Crippen molar-refractivity contribution in [3.8, 4) is 0 Å². The number of likely N-dealkylation sites (N-methyl/N-ethyl adjacent to an activating group) is 1. The van der Waals surface area contributed by atoms with Gasteiger partial charge >= 0.3 is 0 Å². The van der Waals surface area contributed by atoms with Crippen molar-refractivity contribution < 1.29 is 14.0 Å². The van der Waals surface area contributed by atoms with Crippen LogP contribution in [0.2, 0.25) is 0 Å². The molecule has 0 unspecified atom stereocenters. The lowest BCUT2D eigenvalue weighted by atomic mass is 9.98. The number of hydrogen-bond acceptors (Lipinski definition) is 3. The van der Waals surface area contributed by atoms with Gasteiger partial charge in [0, 0.05) is 5.69 Å². The van der Waals surface area contributed by atoms with Gasteiger partial charge in [-0.15, -0.1) is 0 Å². The summed E-state index contributed by atoms with van der Waals surface area (Å²) in [6.07, 6.45) is 0. The molecule has 0 fully saturated rings. The zero-order chi connectivity index (χ0) is 22.2. The lowest BCUT2D eigenvalue weighted by Crippen LogP contribution is -2.47. The molecule has 0 saturated heterocycles. The molecule has 0 spiro atoms. The molecule has 3 rings (SSSR count). The Morgan fingerprint density at radius 1 is 0.903 bits per heavy atom. The van der Waals surface area contributed by atoms with E-state index in [9.17, 15) is 14.0 Å². The maximum Gasteiger partial charge on any atom is 0.238 e. The molecule has 0 saturated carbocycles. The summed E-state index contributed by atoms with van der Waals surface area (Å²) in [5.41, 5.74) is 2.32. The van der Waals surface area contributed by atoms with Gasteiger partial charge in [-0.2, -0.15) is 0 Å². The second-order valence-corrected chi connectivity index (χ2v) is 7.41. The first-order chi connectivity index (χ1) is 14.9. The molecule has 31 heavy (non-hydrogen) atoms. The normalized spacial score (nSPS) is 11.9. The summed E-state index contributed by atoms with van der Waals surface area (Å²) < 4.78 is 13.3. The van der Waals surface area contributed by atoms with E-state index in [0.29, 0.717) is 5.69 Å². The third kappa shape index (κ3) is 6.23. The molecule has 1 atom stereocenters. The van der Waals surface area contributed by atoms with E-state index < -0.39 is 11.9 Å². The van der Waals surface area contributed by atoms with Gasteiger partial charge in [0.25, 0.3) is 0 Å². The van der Waals surface area contributed by atoms with Crippen LogP contribution in [0.3, 0.4) is 0 Å². The van der Waals surface area contributed by atoms with Crippen LogP contribution in [0, 0.1) is 5.82 Å². The topological polar surface area (TPSA) is 61.4 Å². The first kappa shape index (κ1) is 22.2. The van der Waals surface area contributed by atoms with E-state index in [1.54, 1.807) is 24.9 Å². The number of amides is 2. The Balaban J connectivity index is 1.65. The minimum atomic E-state index is -0.548. The van der Waals surface area contributed by atoms with Crippen LogP contribution < -0.4 is 10.6 Å². The third-order valence-corrected chi connectivity index (χ3v) is 5.09. The highest BCUT2D eigenvalue weighted by Gasteiger charge is 2.24. The lowest BCUT2D eigenvalue weighted by Gasteiger charge is -2.27. The van der Waals surface area contributed by atoms with Crippen LogP contribution in [0.1, 0.15) is 24.1 Å². The molecule has 0 radical (unpaired) electrons. The third-order valence-electron chi connectivity index (χ3n) is 5.09. The Morgan fingerprint density at radius 3 is 2.03 bits per heavy atom. The second-order valence-electron chi connectivity index (χ2n) is 7.41. The Hall–Kier alpha value is -3.51. The van der Waals surface area contributed by atoms with Crippen LogP contribution in [-0.4, -0.2) is 36.3 Å². The van der Waals surface area contributed by atoms with E-state index in [4.69, 9.17) is 0 Å². The Labute approximate surface area is 181 Å². The molecule has 0 aliphatic heterocycles. The fourth-order valence-corrected chi connectivity index (χ4v) is 3.24. The molecule has 0 heterocycles. The summed E-state index contributed by atoms with van der Waals surface area (Å²) in [7, 11) is 1.70. The van der Waals surface area contributed by atoms with Gasteiger partial charge in [0.05, 0.1) is 18.6 Å². The van der Waals surface area contributed by atoms with Crippen molar-refractivity contribution in [1.82, 2.24) is 10.2 Å². The molecule has 3 aromatic rings.